The van der Waals surface area contributed by atoms with E-state index in [1.54, 1.807) is 0 Å². The van der Waals surface area contributed by atoms with Crippen molar-refractivity contribution in [1.82, 2.24) is 15.1 Å². The van der Waals surface area contributed by atoms with Crippen LogP contribution in [0.1, 0.15) is 10.4 Å². The van der Waals surface area contributed by atoms with E-state index in [0.29, 0.717) is 6.04 Å². The van der Waals surface area contributed by atoms with Gasteiger partial charge in [-0.2, -0.15) is 0 Å². The molecular formula is C14H18IN3O. The lowest BCUT2D eigenvalue weighted by molar-refractivity contribution is 0.0138. The van der Waals surface area contributed by atoms with E-state index in [-0.39, 0.29) is 5.91 Å². The molecule has 3 fully saturated rings. The number of halogens is 1. The first kappa shape index (κ1) is 13.3. The highest BCUT2D eigenvalue weighted by Gasteiger charge is 2.31. The van der Waals surface area contributed by atoms with Gasteiger partial charge in [0.25, 0.3) is 5.91 Å². The Morgan fingerprint density at radius 2 is 2.00 bits per heavy atom. The van der Waals surface area contributed by atoms with Gasteiger partial charge in [-0.3, -0.25) is 14.6 Å². The molecule has 102 valence electrons. The maximum Gasteiger partial charge on any atom is 0.252 e. The summed E-state index contributed by atoms with van der Waals surface area (Å²) in [6.07, 6.45) is 0. The third-order valence-electron chi connectivity index (χ3n) is 4.01. The number of carbonyl (C=O) groups excluding carboxylic acids is 1. The van der Waals surface area contributed by atoms with Crippen molar-refractivity contribution in [1.29, 1.82) is 0 Å². The third kappa shape index (κ3) is 2.93. The van der Waals surface area contributed by atoms with Gasteiger partial charge in [-0.05, 0) is 34.7 Å². The summed E-state index contributed by atoms with van der Waals surface area (Å²) in [6, 6.07) is 8.20. The lowest BCUT2D eigenvalue weighted by Crippen LogP contribution is -2.63. The first-order chi connectivity index (χ1) is 9.24. The smallest absolute Gasteiger partial charge is 0.252 e. The molecule has 2 bridgehead atoms. The van der Waals surface area contributed by atoms with E-state index in [1.165, 1.54) is 13.1 Å². The molecule has 3 heterocycles. The zero-order valence-electron chi connectivity index (χ0n) is 10.8. The Kier molecular flexibility index (Phi) is 4.04. The third-order valence-corrected chi connectivity index (χ3v) is 4.95. The number of nitrogens with zero attached hydrogens (tertiary/aromatic N) is 2. The van der Waals surface area contributed by atoms with Crippen molar-refractivity contribution in [2.75, 3.05) is 39.3 Å². The fourth-order valence-electron chi connectivity index (χ4n) is 2.87. The highest BCUT2D eigenvalue weighted by molar-refractivity contribution is 14.1. The number of benzene rings is 1. The van der Waals surface area contributed by atoms with Gasteiger partial charge in [0.2, 0.25) is 0 Å². The molecule has 5 heteroatoms. The normalized spacial score (nSPS) is 29.2. The van der Waals surface area contributed by atoms with E-state index in [9.17, 15) is 4.79 Å². The van der Waals surface area contributed by atoms with Crippen LogP contribution in [0.5, 0.6) is 0 Å². The molecule has 1 unspecified atom stereocenters. The number of nitrogens with one attached hydrogen (secondary N) is 1. The molecule has 19 heavy (non-hydrogen) atoms. The quantitative estimate of drug-likeness (QED) is 0.807. The molecule has 0 aliphatic carbocycles. The van der Waals surface area contributed by atoms with Gasteiger partial charge in [0.05, 0.1) is 5.56 Å². The lowest BCUT2D eigenvalue weighted by atomic mass is 10.1. The van der Waals surface area contributed by atoms with E-state index >= 15 is 0 Å². The number of piperazine rings is 3. The van der Waals surface area contributed by atoms with E-state index < -0.39 is 0 Å². The second-order valence-corrected chi connectivity index (χ2v) is 6.34. The van der Waals surface area contributed by atoms with Gasteiger partial charge in [0.1, 0.15) is 0 Å². The van der Waals surface area contributed by atoms with Crippen molar-refractivity contribution in [3.05, 3.63) is 33.4 Å². The molecule has 1 amide bonds. The first-order valence-corrected chi connectivity index (χ1v) is 7.81. The largest absolute Gasteiger partial charge is 0.350 e. The summed E-state index contributed by atoms with van der Waals surface area (Å²) in [6.45, 7) is 6.49. The predicted molar refractivity (Wildman–Crippen MR) is 83.3 cm³/mol. The molecule has 3 aliphatic rings. The van der Waals surface area contributed by atoms with Crippen molar-refractivity contribution in [2.24, 2.45) is 0 Å². The average Bonchev–Trinajstić information content (AvgIpc) is 2.46. The minimum absolute atomic E-state index is 0.0441. The van der Waals surface area contributed by atoms with Gasteiger partial charge < -0.3 is 5.32 Å². The van der Waals surface area contributed by atoms with Crippen LogP contribution in [0, 0.1) is 3.57 Å². The van der Waals surface area contributed by atoms with Crippen LogP contribution in [0.25, 0.3) is 0 Å². The first-order valence-electron chi connectivity index (χ1n) is 6.73. The van der Waals surface area contributed by atoms with Crippen LogP contribution >= 0.6 is 22.6 Å². The van der Waals surface area contributed by atoms with Crippen molar-refractivity contribution >= 4 is 28.5 Å². The average molecular weight is 371 g/mol. The molecule has 4 nitrogen and oxygen atoms in total. The topological polar surface area (TPSA) is 35.6 Å². The Bertz CT molecular complexity index is 472. The van der Waals surface area contributed by atoms with E-state index in [4.69, 9.17) is 0 Å². The SMILES string of the molecule is O=C(NCC1CN2CCN1CC2)c1ccccc1I. The van der Waals surface area contributed by atoms with Gasteiger partial charge in [-0.15, -0.1) is 0 Å². The van der Waals surface area contributed by atoms with Crippen LogP contribution in [0.3, 0.4) is 0 Å². The molecule has 1 aromatic rings. The molecule has 0 saturated carbocycles. The molecule has 3 aliphatic heterocycles. The maximum atomic E-state index is 12.2. The van der Waals surface area contributed by atoms with Crippen LogP contribution in [0.2, 0.25) is 0 Å². The minimum Gasteiger partial charge on any atom is -0.350 e. The molecule has 0 spiro atoms. The van der Waals surface area contributed by atoms with E-state index in [1.807, 2.05) is 24.3 Å². The zero-order valence-corrected chi connectivity index (χ0v) is 13.0. The highest BCUT2D eigenvalue weighted by atomic mass is 127. The summed E-state index contributed by atoms with van der Waals surface area (Å²) in [5.41, 5.74) is 0.777. The molecule has 4 rings (SSSR count). The number of carbonyl (C=O) groups is 1. The number of hydrogen-bond acceptors (Lipinski definition) is 3. The second kappa shape index (κ2) is 5.76. The molecular weight excluding hydrogens is 353 g/mol. The molecule has 1 atom stereocenters. The van der Waals surface area contributed by atoms with Gasteiger partial charge >= 0.3 is 0 Å². The number of rotatable bonds is 3. The Balaban J connectivity index is 1.58. The maximum absolute atomic E-state index is 12.2. The standard InChI is InChI=1S/C14H18IN3O/c15-13-4-2-1-3-12(13)14(19)16-9-11-10-17-5-7-18(11)8-6-17/h1-4,11H,5-10H2,(H,16,19). The monoisotopic (exact) mass is 371 g/mol. The van der Waals surface area contributed by atoms with Gasteiger partial charge in [-0.1, -0.05) is 12.1 Å². The number of amides is 1. The summed E-state index contributed by atoms with van der Waals surface area (Å²) >= 11 is 2.21. The number of hydrogen-bond donors (Lipinski definition) is 1. The summed E-state index contributed by atoms with van der Waals surface area (Å²) in [5.74, 6) is 0.0441. The number of fused-ring (bicyclic) bond motifs is 3. The van der Waals surface area contributed by atoms with Crippen LogP contribution in [-0.4, -0.2) is 61.0 Å². The van der Waals surface area contributed by atoms with Crippen molar-refractivity contribution in [3.8, 4) is 0 Å². The summed E-state index contributed by atoms with van der Waals surface area (Å²) < 4.78 is 1.01. The summed E-state index contributed by atoms with van der Waals surface area (Å²) in [7, 11) is 0. The van der Waals surface area contributed by atoms with Crippen molar-refractivity contribution < 1.29 is 4.79 Å². The highest BCUT2D eigenvalue weighted by Crippen LogP contribution is 2.15. The Labute approximate surface area is 127 Å². The fraction of sp³-hybridized carbons (Fsp3) is 0.500. The Morgan fingerprint density at radius 3 is 2.63 bits per heavy atom. The van der Waals surface area contributed by atoms with Crippen LogP contribution < -0.4 is 5.32 Å². The van der Waals surface area contributed by atoms with Crippen LogP contribution in [0.4, 0.5) is 0 Å². The summed E-state index contributed by atoms with van der Waals surface area (Å²) in [5, 5.41) is 3.08. The van der Waals surface area contributed by atoms with Gasteiger partial charge in [-0.25, -0.2) is 0 Å². The molecule has 0 radical (unpaired) electrons. The van der Waals surface area contributed by atoms with Crippen molar-refractivity contribution in [2.45, 2.75) is 6.04 Å². The summed E-state index contributed by atoms with van der Waals surface area (Å²) in [4.78, 5) is 17.2. The molecule has 1 N–H and O–H groups in total. The van der Waals surface area contributed by atoms with Crippen LogP contribution in [-0.2, 0) is 0 Å². The second-order valence-electron chi connectivity index (χ2n) is 5.18. The Hall–Kier alpha value is -0.660. The fourth-order valence-corrected chi connectivity index (χ4v) is 3.50. The van der Waals surface area contributed by atoms with Crippen LogP contribution in [0.15, 0.2) is 24.3 Å². The van der Waals surface area contributed by atoms with E-state index in [0.717, 1.165) is 35.3 Å². The molecule has 1 aromatic carbocycles. The van der Waals surface area contributed by atoms with E-state index in [2.05, 4.69) is 37.7 Å². The van der Waals surface area contributed by atoms with Crippen molar-refractivity contribution in [3.63, 3.8) is 0 Å². The molecule has 3 saturated heterocycles. The zero-order chi connectivity index (χ0) is 13.2. The van der Waals surface area contributed by atoms with Gasteiger partial charge in [0.15, 0.2) is 0 Å². The van der Waals surface area contributed by atoms with Gasteiger partial charge in [0, 0.05) is 48.9 Å². The molecule has 0 aromatic heterocycles. The Morgan fingerprint density at radius 1 is 1.26 bits per heavy atom. The minimum atomic E-state index is 0.0441. The predicted octanol–water partition coefficient (Wildman–Crippen LogP) is 1.02. The lowest BCUT2D eigenvalue weighted by Gasteiger charge is -2.47.